The summed E-state index contributed by atoms with van der Waals surface area (Å²) in [5.41, 5.74) is 0.0360. The minimum Gasteiger partial charge on any atom is -0.472 e. The molecule has 2 aromatic heterocycles. The fraction of sp³-hybridized carbons (Fsp3) is 0.588. The van der Waals surface area contributed by atoms with Crippen LogP contribution in [0, 0.1) is 0 Å². The number of hydrogen-bond acceptors (Lipinski definition) is 8. The second-order valence-electron chi connectivity index (χ2n) is 7.25. The van der Waals surface area contributed by atoms with Crippen LogP contribution in [0.1, 0.15) is 40.2 Å². The maximum atomic E-state index is 12.6. The van der Waals surface area contributed by atoms with Crippen molar-refractivity contribution in [3.05, 3.63) is 18.6 Å². The van der Waals surface area contributed by atoms with Gasteiger partial charge in [-0.2, -0.15) is 0 Å². The lowest BCUT2D eigenvalue weighted by molar-refractivity contribution is -0.148. The molecule has 10 heteroatoms. The van der Waals surface area contributed by atoms with Gasteiger partial charge >= 0.3 is 12.1 Å². The molecule has 1 fully saturated rings. The highest BCUT2D eigenvalue weighted by molar-refractivity contribution is 5.82. The molecule has 1 aliphatic rings. The monoisotopic (exact) mass is 377 g/mol. The Morgan fingerprint density at radius 3 is 2.78 bits per heavy atom. The molecule has 3 rings (SSSR count). The second kappa shape index (κ2) is 7.37. The first kappa shape index (κ1) is 18.9. The van der Waals surface area contributed by atoms with E-state index in [4.69, 9.17) is 13.9 Å². The lowest BCUT2D eigenvalue weighted by atomic mass is 10.1. The number of carbonyl (C=O) groups is 2. The van der Waals surface area contributed by atoms with Crippen LogP contribution in [-0.2, 0) is 14.3 Å². The van der Waals surface area contributed by atoms with Gasteiger partial charge in [-0.15, -0.1) is 5.10 Å². The van der Waals surface area contributed by atoms with E-state index in [9.17, 15) is 9.59 Å². The Morgan fingerprint density at radius 1 is 1.37 bits per heavy atom. The zero-order valence-corrected chi connectivity index (χ0v) is 15.8. The third-order valence-corrected chi connectivity index (χ3v) is 4.08. The van der Waals surface area contributed by atoms with Crippen LogP contribution in [0.15, 0.2) is 23.0 Å². The number of aromatic nitrogens is 4. The molecule has 0 unspecified atom stereocenters. The molecule has 0 aliphatic carbocycles. The van der Waals surface area contributed by atoms with E-state index in [2.05, 4.69) is 15.5 Å². The molecule has 0 bridgehead atoms. The molecule has 10 nitrogen and oxygen atoms in total. The molecule has 146 valence electrons. The fourth-order valence-corrected chi connectivity index (χ4v) is 3.00. The zero-order valence-electron chi connectivity index (χ0n) is 15.8. The second-order valence-corrected chi connectivity index (χ2v) is 7.25. The maximum Gasteiger partial charge on any atom is 0.411 e. The number of rotatable bonds is 4. The van der Waals surface area contributed by atoms with Crippen LogP contribution < -0.4 is 0 Å². The largest absolute Gasteiger partial charge is 0.472 e. The number of carbonyl (C=O) groups excluding carboxylic acids is 2. The van der Waals surface area contributed by atoms with E-state index >= 15 is 0 Å². The molecule has 1 aliphatic heterocycles. The Morgan fingerprint density at radius 2 is 2.15 bits per heavy atom. The van der Waals surface area contributed by atoms with E-state index in [1.165, 1.54) is 17.4 Å². The summed E-state index contributed by atoms with van der Waals surface area (Å²) in [7, 11) is 0. The number of likely N-dealkylation sites (tertiary alicyclic amines) is 1. The zero-order chi connectivity index (χ0) is 19.6. The number of ether oxygens (including phenoxy) is 2. The van der Waals surface area contributed by atoms with Gasteiger partial charge in [-0.25, -0.2) is 14.3 Å². The third kappa shape index (κ3) is 4.09. The van der Waals surface area contributed by atoms with E-state index in [0.29, 0.717) is 17.8 Å². The molecule has 2 aromatic rings. The summed E-state index contributed by atoms with van der Waals surface area (Å²) in [6, 6.07) is 0.684. The highest BCUT2D eigenvalue weighted by Crippen LogP contribution is 2.32. The summed E-state index contributed by atoms with van der Waals surface area (Å²) in [5, 5.41) is 11.8. The van der Waals surface area contributed by atoms with E-state index in [0.717, 1.165) is 0 Å². The van der Waals surface area contributed by atoms with Crippen molar-refractivity contribution in [1.29, 1.82) is 0 Å². The van der Waals surface area contributed by atoms with Crippen molar-refractivity contribution in [3.63, 3.8) is 0 Å². The van der Waals surface area contributed by atoms with Gasteiger partial charge in [0.1, 0.15) is 17.9 Å². The van der Waals surface area contributed by atoms with Crippen molar-refractivity contribution < 1.29 is 23.5 Å². The van der Waals surface area contributed by atoms with Crippen LogP contribution in [0.5, 0.6) is 0 Å². The van der Waals surface area contributed by atoms with Gasteiger partial charge < -0.3 is 13.9 Å². The van der Waals surface area contributed by atoms with Gasteiger partial charge in [0.2, 0.25) is 0 Å². The SMILES string of the molecule is CCOC(=O)[C@H]1C[C@H](n2nnnc2-c2ccoc2)CN1C(=O)OC(C)(C)C. The summed E-state index contributed by atoms with van der Waals surface area (Å²) in [4.78, 5) is 26.4. The Hall–Kier alpha value is -2.91. The van der Waals surface area contributed by atoms with Crippen molar-refractivity contribution in [2.75, 3.05) is 13.2 Å². The van der Waals surface area contributed by atoms with Gasteiger partial charge in [-0.3, -0.25) is 4.90 Å². The molecule has 27 heavy (non-hydrogen) atoms. The maximum absolute atomic E-state index is 12.6. The minimum atomic E-state index is -0.758. The summed E-state index contributed by atoms with van der Waals surface area (Å²) in [6.07, 6.45) is 2.82. The molecule has 0 saturated carbocycles. The fourth-order valence-electron chi connectivity index (χ4n) is 3.00. The van der Waals surface area contributed by atoms with Gasteiger partial charge in [0, 0.05) is 13.0 Å². The van der Waals surface area contributed by atoms with Crippen LogP contribution >= 0.6 is 0 Å². The third-order valence-electron chi connectivity index (χ3n) is 4.08. The van der Waals surface area contributed by atoms with Crippen molar-refractivity contribution in [2.24, 2.45) is 0 Å². The first-order valence-electron chi connectivity index (χ1n) is 8.77. The number of amides is 1. The summed E-state index contributed by atoms with van der Waals surface area (Å²) in [6.45, 7) is 7.50. The molecular formula is C17H23N5O5. The predicted octanol–water partition coefficient (Wildman–Crippen LogP) is 2.05. The summed E-state index contributed by atoms with van der Waals surface area (Å²) < 4.78 is 17.3. The summed E-state index contributed by atoms with van der Waals surface area (Å²) in [5.74, 6) is 0.0335. The van der Waals surface area contributed by atoms with E-state index in [-0.39, 0.29) is 19.2 Å². The average Bonchev–Trinajstić information content (AvgIpc) is 3.31. The van der Waals surface area contributed by atoms with Crippen molar-refractivity contribution in [1.82, 2.24) is 25.1 Å². The van der Waals surface area contributed by atoms with Gasteiger partial charge in [0.05, 0.1) is 24.5 Å². The minimum absolute atomic E-state index is 0.229. The van der Waals surface area contributed by atoms with Gasteiger partial charge in [-0.05, 0) is 44.2 Å². The quantitative estimate of drug-likeness (QED) is 0.744. The van der Waals surface area contributed by atoms with Crippen molar-refractivity contribution in [3.8, 4) is 11.4 Å². The molecule has 0 radical (unpaired) electrons. The van der Waals surface area contributed by atoms with Crippen molar-refractivity contribution in [2.45, 2.75) is 51.8 Å². The number of tetrazole rings is 1. The lowest BCUT2D eigenvalue weighted by Crippen LogP contribution is -2.44. The Labute approximate surface area is 156 Å². The van der Waals surface area contributed by atoms with E-state index in [1.54, 1.807) is 38.4 Å². The predicted molar refractivity (Wildman–Crippen MR) is 92.5 cm³/mol. The van der Waals surface area contributed by atoms with Gasteiger partial charge in [0.15, 0.2) is 5.82 Å². The molecule has 0 spiro atoms. The summed E-state index contributed by atoms with van der Waals surface area (Å²) >= 11 is 0. The Bertz CT molecular complexity index is 795. The van der Waals surface area contributed by atoms with Crippen LogP contribution in [0.4, 0.5) is 4.79 Å². The molecule has 0 N–H and O–H groups in total. The lowest BCUT2D eigenvalue weighted by Gasteiger charge is -2.27. The van der Waals surface area contributed by atoms with E-state index < -0.39 is 23.7 Å². The normalized spacial score (nSPS) is 19.9. The molecule has 1 saturated heterocycles. The smallest absolute Gasteiger partial charge is 0.411 e. The number of furan rings is 1. The molecule has 0 aromatic carbocycles. The van der Waals surface area contributed by atoms with Crippen molar-refractivity contribution >= 4 is 12.1 Å². The van der Waals surface area contributed by atoms with Crippen LogP contribution in [-0.4, -0.2) is 62.0 Å². The number of esters is 1. The highest BCUT2D eigenvalue weighted by Gasteiger charge is 2.44. The molecular weight excluding hydrogens is 354 g/mol. The van der Waals surface area contributed by atoms with Gasteiger partial charge in [0.25, 0.3) is 0 Å². The Kier molecular flexibility index (Phi) is 5.15. The van der Waals surface area contributed by atoms with Gasteiger partial charge in [-0.1, -0.05) is 0 Å². The van der Waals surface area contributed by atoms with Crippen LogP contribution in [0.25, 0.3) is 11.4 Å². The topological polar surface area (TPSA) is 113 Å². The number of nitrogens with zero attached hydrogens (tertiary/aromatic N) is 5. The Balaban J connectivity index is 1.86. The highest BCUT2D eigenvalue weighted by atomic mass is 16.6. The van der Waals surface area contributed by atoms with Crippen LogP contribution in [0.3, 0.4) is 0 Å². The number of hydrogen-bond donors (Lipinski definition) is 0. The van der Waals surface area contributed by atoms with Crippen LogP contribution in [0.2, 0.25) is 0 Å². The first-order chi connectivity index (χ1) is 12.8. The molecule has 2 atom stereocenters. The molecule has 3 heterocycles. The first-order valence-corrected chi connectivity index (χ1v) is 8.77. The standard InChI is InChI=1S/C17H23N5O5/c1-5-26-15(23)13-8-12(9-21(13)16(24)27-17(2,3)4)22-14(18-19-20-22)11-6-7-25-10-11/h6-7,10,12-13H,5,8-9H2,1-4H3/t12-,13+/m0/s1. The molecule has 1 amide bonds. The van der Waals surface area contributed by atoms with E-state index in [1.807, 2.05) is 0 Å². The average molecular weight is 377 g/mol.